The highest BCUT2D eigenvalue weighted by Gasteiger charge is 2.32. The first-order valence-electron chi connectivity index (χ1n) is 8.04. The van der Waals surface area contributed by atoms with Crippen LogP contribution in [0.3, 0.4) is 0 Å². The SMILES string of the molecule is CC(=O)NC1(C)CCN(C[C@H]2COc3ccc(Br)cc3O2)CC1.S. The van der Waals surface area contributed by atoms with Crippen molar-refractivity contribution in [3.63, 3.8) is 0 Å². The number of nitrogens with zero attached hydrogens (tertiary/aromatic N) is 1. The summed E-state index contributed by atoms with van der Waals surface area (Å²) in [5.74, 6) is 1.66. The maximum Gasteiger partial charge on any atom is 0.217 e. The Balaban J connectivity index is 0.00000208. The summed E-state index contributed by atoms with van der Waals surface area (Å²) >= 11 is 3.46. The predicted molar refractivity (Wildman–Crippen MR) is 102 cm³/mol. The van der Waals surface area contributed by atoms with Crippen LogP contribution < -0.4 is 14.8 Å². The number of benzene rings is 1. The fourth-order valence-corrected chi connectivity index (χ4v) is 3.59. The summed E-state index contributed by atoms with van der Waals surface area (Å²) in [5, 5.41) is 3.07. The van der Waals surface area contributed by atoms with Gasteiger partial charge >= 0.3 is 0 Å². The van der Waals surface area contributed by atoms with E-state index in [4.69, 9.17) is 9.47 Å². The summed E-state index contributed by atoms with van der Waals surface area (Å²) in [6, 6.07) is 5.83. The van der Waals surface area contributed by atoms with Gasteiger partial charge in [-0.1, -0.05) is 15.9 Å². The van der Waals surface area contributed by atoms with Crippen LogP contribution in [-0.2, 0) is 4.79 Å². The van der Waals surface area contributed by atoms with E-state index >= 15 is 0 Å². The third-order valence-electron chi connectivity index (χ3n) is 4.52. The third-order valence-corrected chi connectivity index (χ3v) is 5.02. The van der Waals surface area contributed by atoms with Gasteiger partial charge in [0.25, 0.3) is 0 Å². The van der Waals surface area contributed by atoms with E-state index in [1.807, 2.05) is 18.2 Å². The average molecular weight is 417 g/mol. The molecule has 1 fully saturated rings. The molecule has 2 aliphatic heterocycles. The zero-order chi connectivity index (χ0) is 16.4. The van der Waals surface area contributed by atoms with E-state index in [1.54, 1.807) is 6.92 Å². The van der Waals surface area contributed by atoms with Gasteiger partial charge in [-0.2, -0.15) is 13.5 Å². The van der Waals surface area contributed by atoms with Gasteiger partial charge in [0, 0.05) is 36.6 Å². The van der Waals surface area contributed by atoms with E-state index in [1.165, 1.54) is 0 Å². The number of amides is 1. The summed E-state index contributed by atoms with van der Waals surface area (Å²) < 4.78 is 12.9. The molecule has 1 aromatic rings. The van der Waals surface area contributed by atoms with Crippen molar-refractivity contribution in [1.82, 2.24) is 10.2 Å². The summed E-state index contributed by atoms with van der Waals surface area (Å²) in [6.07, 6.45) is 1.96. The number of carbonyl (C=O) groups excluding carboxylic acids is 1. The maximum atomic E-state index is 11.3. The minimum atomic E-state index is -0.0796. The second-order valence-corrected chi connectivity index (χ2v) is 7.60. The molecule has 5 nitrogen and oxygen atoms in total. The van der Waals surface area contributed by atoms with Crippen molar-refractivity contribution in [2.24, 2.45) is 0 Å². The zero-order valence-corrected chi connectivity index (χ0v) is 16.7. The van der Waals surface area contributed by atoms with Gasteiger partial charge in [0.05, 0.1) is 0 Å². The molecule has 3 rings (SSSR count). The first-order valence-corrected chi connectivity index (χ1v) is 8.83. The van der Waals surface area contributed by atoms with Crippen molar-refractivity contribution in [1.29, 1.82) is 0 Å². The molecule has 1 N–H and O–H groups in total. The largest absolute Gasteiger partial charge is 0.486 e. The van der Waals surface area contributed by atoms with Gasteiger partial charge < -0.3 is 14.8 Å². The van der Waals surface area contributed by atoms with Crippen molar-refractivity contribution in [3.8, 4) is 11.5 Å². The molecular weight excluding hydrogens is 392 g/mol. The van der Waals surface area contributed by atoms with E-state index in [-0.39, 0.29) is 31.0 Å². The zero-order valence-electron chi connectivity index (χ0n) is 14.1. The van der Waals surface area contributed by atoms with Crippen molar-refractivity contribution >= 4 is 35.3 Å². The Morgan fingerprint density at radius 1 is 1.38 bits per heavy atom. The fourth-order valence-electron chi connectivity index (χ4n) is 3.25. The predicted octanol–water partition coefficient (Wildman–Crippen LogP) is 2.69. The molecule has 0 aromatic heterocycles. The highest BCUT2D eigenvalue weighted by molar-refractivity contribution is 9.10. The number of carbonyl (C=O) groups is 1. The van der Waals surface area contributed by atoms with Crippen LogP contribution in [0.1, 0.15) is 26.7 Å². The van der Waals surface area contributed by atoms with Crippen LogP contribution >= 0.6 is 29.4 Å². The average Bonchev–Trinajstić information content (AvgIpc) is 2.48. The van der Waals surface area contributed by atoms with E-state index < -0.39 is 0 Å². The van der Waals surface area contributed by atoms with Gasteiger partial charge in [-0.15, -0.1) is 0 Å². The molecular formula is C17H25BrN2O3S. The summed E-state index contributed by atoms with van der Waals surface area (Å²) in [6.45, 7) is 7.06. The van der Waals surface area contributed by atoms with Crippen molar-refractivity contribution in [3.05, 3.63) is 22.7 Å². The van der Waals surface area contributed by atoms with Crippen LogP contribution in [0.5, 0.6) is 11.5 Å². The third kappa shape index (κ3) is 4.80. The molecule has 134 valence electrons. The van der Waals surface area contributed by atoms with Crippen LogP contribution in [0, 0.1) is 0 Å². The molecule has 1 saturated heterocycles. The van der Waals surface area contributed by atoms with E-state index in [9.17, 15) is 4.79 Å². The molecule has 1 atom stereocenters. The van der Waals surface area contributed by atoms with E-state index in [0.29, 0.717) is 6.61 Å². The van der Waals surface area contributed by atoms with Gasteiger partial charge in [0.15, 0.2) is 11.5 Å². The smallest absolute Gasteiger partial charge is 0.217 e. The molecule has 2 heterocycles. The number of piperidine rings is 1. The number of fused-ring (bicyclic) bond motifs is 1. The molecule has 24 heavy (non-hydrogen) atoms. The Bertz CT molecular complexity index is 591. The lowest BCUT2D eigenvalue weighted by Gasteiger charge is -2.41. The number of nitrogens with one attached hydrogen (secondary N) is 1. The Hall–Kier alpha value is -0.920. The number of ether oxygens (including phenoxy) is 2. The molecule has 0 radical (unpaired) electrons. The molecule has 0 bridgehead atoms. The Morgan fingerprint density at radius 2 is 2.08 bits per heavy atom. The lowest BCUT2D eigenvalue weighted by Crippen LogP contribution is -2.54. The molecule has 0 aliphatic carbocycles. The van der Waals surface area contributed by atoms with Gasteiger partial charge in [0.2, 0.25) is 5.91 Å². The number of rotatable bonds is 3. The van der Waals surface area contributed by atoms with Gasteiger partial charge in [-0.3, -0.25) is 9.69 Å². The monoisotopic (exact) mass is 416 g/mol. The summed E-state index contributed by atoms with van der Waals surface area (Å²) in [7, 11) is 0. The Morgan fingerprint density at radius 3 is 2.75 bits per heavy atom. The highest BCUT2D eigenvalue weighted by atomic mass is 79.9. The lowest BCUT2D eigenvalue weighted by molar-refractivity contribution is -0.121. The van der Waals surface area contributed by atoms with Crippen LogP contribution in [0.2, 0.25) is 0 Å². The van der Waals surface area contributed by atoms with Gasteiger partial charge in [0.1, 0.15) is 12.7 Å². The van der Waals surface area contributed by atoms with E-state index in [2.05, 4.69) is 33.1 Å². The van der Waals surface area contributed by atoms with Crippen LogP contribution in [-0.4, -0.2) is 48.7 Å². The van der Waals surface area contributed by atoms with E-state index in [0.717, 1.165) is 48.4 Å². The molecule has 0 saturated carbocycles. The molecule has 1 amide bonds. The minimum absolute atomic E-state index is 0. The van der Waals surface area contributed by atoms with Crippen molar-refractivity contribution in [2.45, 2.75) is 38.3 Å². The molecule has 0 spiro atoms. The Kier molecular flexibility index (Phi) is 6.45. The van der Waals surface area contributed by atoms with Crippen LogP contribution in [0.25, 0.3) is 0 Å². The maximum absolute atomic E-state index is 11.3. The standard InChI is InChI=1S/C17H23BrN2O3.H2S/c1-12(21)19-17(2)5-7-20(8-6-17)10-14-11-22-15-4-3-13(18)9-16(15)23-14;/h3-4,9,14H,5-8,10-11H2,1-2H3,(H,19,21);1H2/t14-;/m0./s1. The number of likely N-dealkylation sites (tertiary alicyclic amines) is 1. The highest BCUT2D eigenvalue weighted by Crippen LogP contribution is 2.34. The second kappa shape index (κ2) is 7.97. The van der Waals surface area contributed by atoms with Gasteiger partial charge in [-0.05, 0) is 38.0 Å². The first kappa shape index (κ1) is 19.4. The minimum Gasteiger partial charge on any atom is -0.486 e. The normalized spacial score (nSPS) is 22.4. The second-order valence-electron chi connectivity index (χ2n) is 6.68. The van der Waals surface area contributed by atoms with Crippen molar-refractivity contribution in [2.75, 3.05) is 26.2 Å². The molecule has 7 heteroatoms. The summed E-state index contributed by atoms with van der Waals surface area (Å²) in [4.78, 5) is 13.7. The first-order chi connectivity index (χ1) is 10.9. The molecule has 1 aromatic carbocycles. The quantitative estimate of drug-likeness (QED) is 0.822. The summed E-state index contributed by atoms with van der Waals surface area (Å²) in [5.41, 5.74) is -0.0796. The van der Waals surface area contributed by atoms with Gasteiger partial charge in [-0.25, -0.2) is 0 Å². The van der Waals surface area contributed by atoms with Crippen LogP contribution in [0.4, 0.5) is 0 Å². The lowest BCUT2D eigenvalue weighted by atomic mass is 9.89. The number of hydrogen-bond acceptors (Lipinski definition) is 4. The Labute approximate surface area is 158 Å². The fraction of sp³-hybridized carbons (Fsp3) is 0.588. The number of hydrogen-bond donors (Lipinski definition) is 1. The topological polar surface area (TPSA) is 50.8 Å². The van der Waals surface area contributed by atoms with Crippen LogP contribution in [0.15, 0.2) is 22.7 Å². The van der Waals surface area contributed by atoms with Crippen molar-refractivity contribution < 1.29 is 14.3 Å². The molecule has 2 aliphatic rings. The molecule has 0 unspecified atom stereocenters. The number of halogens is 1.